The van der Waals surface area contributed by atoms with Gasteiger partial charge in [0.05, 0.1) is 13.2 Å². The van der Waals surface area contributed by atoms with Gasteiger partial charge in [0.1, 0.15) is 4.32 Å². The number of hydrogen-bond acceptors (Lipinski definition) is 5. The lowest BCUT2D eigenvalue weighted by atomic mass is 10.5. The van der Waals surface area contributed by atoms with E-state index in [0.29, 0.717) is 0 Å². The summed E-state index contributed by atoms with van der Waals surface area (Å²) in [5, 5.41) is 4.19. The summed E-state index contributed by atoms with van der Waals surface area (Å²) >= 11 is 11.6. The SMILES string of the molecule is C/C(CSC(=S)N1CCOCC1)=N/NC(N)=S. The number of nitrogens with one attached hydrogen (secondary N) is 1. The van der Waals surface area contributed by atoms with Crippen LogP contribution in [0.25, 0.3) is 0 Å². The zero-order valence-corrected chi connectivity index (χ0v) is 12.1. The predicted molar refractivity (Wildman–Crippen MR) is 80.5 cm³/mol. The Hall–Kier alpha value is -0.440. The van der Waals surface area contributed by atoms with Gasteiger partial charge in [-0.15, -0.1) is 0 Å². The van der Waals surface area contributed by atoms with Crippen molar-refractivity contribution >= 4 is 51.3 Å². The van der Waals surface area contributed by atoms with Gasteiger partial charge in [0.2, 0.25) is 0 Å². The van der Waals surface area contributed by atoms with Crippen LogP contribution in [0.15, 0.2) is 5.10 Å². The van der Waals surface area contributed by atoms with Crippen molar-refractivity contribution in [2.24, 2.45) is 10.8 Å². The van der Waals surface area contributed by atoms with Gasteiger partial charge in [-0.25, -0.2) is 0 Å². The molecule has 1 rings (SSSR count). The second kappa shape index (κ2) is 7.80. The van der Waals surface area contributed by atoms with Crippen molar-refractivity contribution in [3.63, 3.8) is 0 Å². The van der Waals surface area contributed by atoms with Crippen LogP contribution in [0.5, 0.6) is 0 Å². The van der Waals surface area contributed by atoms with Crippen molar-refractivity contribution in [1.82, 2.24) is 10.3 Å². The fourth-order valence-electron chi connectivity index (χ4n) is 1.19. The van der Waals surface area contributed by atoms with Crippen molar-refractivity contribution in [3.8, 4) is 0 Å². The van der Waals surface area contributed by atoms with E-state index >= 15 is 0 Å². The van der Waals surface area contributed by atoms with E-state index in [1.807, 2.05) is 6.92 Å². The Bertz CT molecular complexity index is 315. The van der Waals surface area contributed by atoms with E-state index in [0.717, 1.165) is 42.1 Å². The number of morpholine rings is 1. The highest BCUT2D eigenvalue weighted by atomic mass is 32.2. The molecule has 3 N–H and O–H groups in total. The molecule has 1 aliphatic rings. The van der Waals surface area contributed by atoms with Crippen LogP contribution in [-0.2, 0) is 4.74 Å². The van der Waals surface area contributed by atoms with Crippen LogP contribution < -0.4 is 11.2 Å². The average molecular weight is 292 g/mol. The summed E-state index contributed by atoms with van der Waals surface area (Å²) in [6.45, 7) is 5.13. The minimum absolute atomic E-state index is 0.171. The number of hydrazone groups is 1. The average Bonchev–Trinajstić information content (AvgIpc) is 2.34. The van der Waals surface area contributed by atoms with Gasteiger partial charge in [-0.2, -0.15) is 5.10 Å². The monoisotopic (exact) mass is 292 g/mol. The van der Waals surface area contributed by atoms with Crippen molar-refractivity contribution < 1.29 is 4.74 Å². The molecule has 1 fully saturated rings. The quantitative estimate of drug-likeness (QED) is 0.447. The summed E-state index contributed by atoms with van der Waals surface area (Å²) < 4.78 is 6.16. The molecule has 0 amide bonds. The predicted octanol–water partition coefficient (Wildman–Crippen LogP) is 0.546. The molecule has 8 heteroatoms. The van der Waals surface area contributed by atoms with E-state index in [1.54, 1.807) is 11.8 Å². The van der Waals surface area contributed by atoms with Crippen LogP contribution in [0.3, 0.4) is 0 Å². The number of thioether (sulfide) groups is 1. The first-order valence-electron chi connectivity index (χ1n) is 5.17. The lowest BCUT2D eigenvalue weighted by Gasteiger charge is -2.28. The third kappa shape index (κ3) is 6.16. The molecule has 17 heavy (non-hydrogen) atoms. The molecule has 0 aromatic heterocycles. The zero-order valence-electron chi connectivity index (χ0n) is 9.64. The van der Waals surface area contributed by atoms with E-state index in [4.69, 9.17) is 22.7 Å². The van der Waals surface area contributed by atoms with E-state index in [-0.39, 0.29) is 5.11 Å². The Morgan fingerprint density at radius 2 is 2.12 bits per heavy atom. The number of nitrogens with two attached hydrogens (primary N) is 1. The fourth-order valence-corrected chi connectivity index (χ4v) is 2.35. The molecule has 0 atom stereocenters. The van der Waals surface area contributed by atoms with Gasteiger partial charge in [0, 0.05) is 24.6 Å². The van der Waals surface area contributed by atoms with Crippen molar-refractivity contribution in [3.05, 3.63) is 0 Å². The van der Waals surface area contributed by atoms with Gasteiger partial charge in [0.25, 0.3) is 0 Å². The summed E-state index contributed by atoms with van der Waals surface area (Å²) in [6, 6.07) is 0. The maximum Gasteiger partial charge on any atom is 0.184 e. The first-order chi connectivity index (χ1) is 8.09. The standard InChI is InChI=1S/C9H16N4OS3/c1-7(11-12-8(10)15)6-17-9(16)13-2-4-14-5-3-13/h2-6H2,1H3,(H3,10,12,15)/b11-7-. The lowest BCUT2D eigenvalue weighted by Crippen LogP contribution is -2.38. The van der Waals surface area contributed by atoms with E-state index < -0.39 is 0 Å². The summed E-state index contributed by atoms with van der Waals surface area (Å²) in [6.07, 6.45) is 0. The van der Waals surface area contributed by atoms with Gasteiger partial charge in [-0.05, 0) is 19.1 Å². The summed E-state index contributed by atoms with van der Waals surface area (Å²) in [5.41, 5.74) is 8.73. The fraction of sp³-hybridized carbons (Fsp3) is 0.667. The van der Waals surface area contributed by atoms with Crippen LogP contribution in [-0.4, -0.2) is 52.1 Å². The van der Waals surface area contributed by atoms with Gasteiger partial charge in [-0.1, -0.05) is 24.0 Å². The number of ether oxygens (including phenoxy) is 1. The Balaban J connectivity index is 2.26. The van der Waals surface area contributed by atoms with Crippen molar-refractivity contribution in [2.75, 3.05) is 32.1 Å². The molecule has 0 aromatic rings. The molecule has 1 heterocycles. The third-order valence-corrected chi connectivity index (χ3v) is 3.80. The minimum atomic E-state index is 0.171. The molecule has 1 saturated heterocycles. The molecular formula is C9H16N4OS3. The summed E-state index contributed by atoms with van der Waals surface area (Å²) in [5.74, 6) is 0.728. The zero-order chi connectivity index (χ0) is 12.7. The van der Waals surface area contributed by atoms with Crippen molar-refractivity contribution in [2.45, 2.75) is 6.92 Å². The van der Waals surface area contributed by atoms with E-state index in [2.05, 4.69) is 27.6 Å². The largest absolute Gasteiger partial charge is 0.378 e. The maximum absolute atomic E-state index is 5.34. The second-order valence-electron chi connectivity index (χ2n) is 3.48. The molecule has 0 bridgehead atoms. The molecule has 0 radical (unpaired) electrons. The highest BCUT2D eigenvalue weighted by Gasteiger charge is 2.13. The Morgan fingerprint density at radius 1 is 1.47 bits per heavy atom. The third-order valence-electron chi connectivity index (χ3n) is 2.03. The smallest absolute Gasteiger partial charge is 0.184 e. The Labute approximate surface area is 116 Å². The molecular weight excluding hydrogens is 276 g/mol. The Kier molecular flexibility index (Phi) is 6.71. The minimum Gasteiger partial charge on any atom is -0.378 e. The normalized spacial score (nSPS) is 16.8. The Morgan fingerprint density at radius 3 is 2.71 bits per heavy atom. The van der Waals surface area contributed by atoms with Crippen LogP contribution in [0.2, 0.25) is 0 Å². The lowest BCUT2D eigenvalue weighted by molar-refractivity contribution is 0.0702. The first-order valence-corrected chi connectivity index (χ1v) is 6.98. The first kappa shape index (κ1) is 14.6. The van der Waals surface area contributed by atoms with Crippen LogP contribution >= 0.6 is 36.2 Å². The molecule has 96 valence electrons. The summed E-state index contributed by atoms with van der Waals surface area (Å²) in [4.78, 5) is 2.15. The molecule has 0 aliphatic carbocycles. The number of hydrogen-bond donors (Lipinski definition) is 2. The van der Waals surface area contributed by atoms with Gasteiger partial charge < -0.3 is 15.4 Å². The van der Waals surface area contributed by atoms with Crippen LogP contribution in [0.1, 0.15) is 6.92 Å². The van der Waals surface area contributed by atoms with Gasteiger partial charge in [0.15, 0.2) is 5.11 Å². The number of thiocarbonyl (C=S) groups is 2. The molecule has 0 saturated carbocycles. The van der Waals surface area contributed by atoms with Crippen molar-refractivity contribution in [1.29, 1.82) is 0 Å². The highest BCUT2D eigenvalue weighted by molar-refractivity contribution is 8.23. The van der Waals surface area contributed by atoms with E-state index in [9.17, 15) is 0 Å². The summed E-state index contributed by atoms with van der Waals surface area (Å²) in [7, 11) is 0. The number of rotatable bonds is 3. The second-order valence-corrected chi connectivity index (χ2v) is 5.53. The molecule has 1 aliphatic heterocycles. The van der Waals surface area contributed by atoms with E-state index in [1.165, 1.54) is 0 Å². The van der Waals surface area contributed by atoms with Gasteiger partial charge in [-0.3, -0.25) is 5.43 Å². The molecule has 0 unspecified atom stereocenters. The maximum atomic E-state index is 5.34. The number of nitrogens with zero attached hydrogens (tertiary/aromatic N) is 2. The molecule has 0 spiro atoms. The van der Waals surface area contributed by atoms with Crippen LogP contribution in [0.4, 0.5) is 0 Å². The topological polar surface area (TPSA) is 62.9 Å². The van der Waals surface area contributed by atoms with Gasteiger partial charge >= 0.3 is 0 Å². The molecule has 0 aromatic carbocycles. The highest BCUT2D eigenvalue weighted by Crippen LogP contribution is 2.11. The van der Waals surface area contributed by atoms with Crippen LogP contribution in [0, 0.1) is 0 Å². The molecule has 5 nitrogen and oxygen atoms in total.